The molecule has 114 valence electrons. The molecule has 0 amide bonds. The summed E-state index contributed by atoms with van der Waals surface area (Å²) in [5.74, 6) is 0.820. The van der Waals surface area contributed by atoms with E-state index in [0.29, 0.717) is 5.56 Å². The predicted molar refractivity (Wildman–Crippen MR) is 94.1 cm³/mol. The summed E-state index contributed by atoms with van der Waals surface area (Å²) in [4.78, 5) is 4.47. The molecule has 0 fully saturated rings. The van der Waals surface area contributed by atoms with E-state index in [1.165, 1.54) is 0 Å². The maximum absolute atomic E-state index is 9.02. The van der Waals surface area contributed by atoms with Crippen molar-refractivity contribution in [2.24, 2.45) is 0 Å². The zero-order valence-electron chi connectivity index (χ0n) is 12.2. The van der Waals surface area contributed by atoms with E-state index < -0.39 is 0 Å². The Morgan fingerprint density at radius 3 is 3.13 bits per heavy atom. The van der Waals surface area contributed by atoms with Crippen LogP contribution in [0.1, 0.15) is 35.8 Å². The minimum Gasteiger partial charge on any atom is -0.484 e. The van der Waals surface area contributed by atoms with Gasteiger partial charge in [0.05, 0.1) is 16.8 Å². The lowest BCUT2D eigenvalue weighted by atomic mass is 9.93. The number of aromatic nitrogens is 3. The summed E-state index contributed by atoms with van der Waals surface area (Å²) in [5, 5.41) is 17.3. The molecular formula is C17H13IN4O. The second-order valence-corrected chi connectivity index (χ2v) is 6.67. The molecule has 0 spiro atoms. The highest BCUT2D eigenvalue weighted by Crippen LogP contribution is 2.34. The van der Waals surface area contributed by atoms with E-state index in [-0.39, 0.29) is 6.10 Å². The summed E-state index contributed by atoms with van der Waals surface area (Å²) in [6.07, 6.45) is 4.50. The van der Waals surface area contributed by atoms with Crippen LogP contribution < -0.4 is 4.74 Å². The van der Waals surface area contributed by atoms with E-state index in [1.807, 2.05) is 24.3 Å². The van der Waals surface area contributed by atoms with Gasteiger partial charge in [-0.05, 0) is 71.7 Å². The van der Waals surface area contributed by atoms with Crippen molar-refractivity contribution in [1.29, 1.82) is 5.26 Å². The van der Waals surface area contributed by atoms with Crippen LogP contribution in [0.3, 0.4) is 0 Å². The third-order valence-electron chi connectivity index (χ3n) is 4.11. The second-order valence-electron chi connectivity index (χ2n) is 5.60. The van der Waals surface area contributed by atoms with Crippen molar-refractivity contribution in [3.05, 3.63) is 51.0 Å². The first-order chi connectivity index (χ1) is 11.2. The number of hydrogen-bond donors (Lipinski definition) is 1. The predicted octanol–water partition coefficient (Wildman–Crippen LogP) is 3.89. The summed E-state index contributed by atoms with van der Waals surface area (Å²) in [6.45, 7) is 0. The van der Waals surface area contributed by atoms with Crippen LogP contribution in [-0.4, -0.2) is 15.2 Å². The molecule has 1 aliphatic carbocycles. The molecule has 4 rings (SSSR count). The number of pyridine rings is 1. The van der Waals surface area contributed by atoms with Gasteiger partial charge in [0.15, 0.2) is 0 Å². The number of ether oxygens (including phenoxy) is 1. The summed E-state index contributed by atoms with van der Waals surface area (Å²) in [6, 6.07) is 9.99. The number of H-pyrrole nitrogens is 1. The molecular weight excluding hydrogens is 403 g/mol. The fraction of sp³-hybridized carbons (Fsp3) is 0.235. The first kappa shape index (κ1) is 14.5. The maximum Gasteiger partial charge on any atom is 0.141 e. The monoisotopic (exact) mass is 416 g/mol. The average Bonchev–Trinajstić information content (AvgIpc) is 2.95. The molecule has 1 aliphatic rings. The van der Waals surface area contributed by atoms with Gasteiger partial charge in [0.2, 0.25) is 0 Å². The van der Waals surface area contributed by atoms with Crippen molar-refractivity contribution in [3.63, 3.8) is 0 Å². The van der Waals surface area contributed by atoms with Crippen molar-refractivity contribution in [2.45, 2.75) is 25.4 Å². The van der Waals surface area contributed by atoms with E-state index >= 15 is 0 Å². The Labute approximate surface area is 146 Å². The number of nitrogens with zero attached hydrogens (tertiary/aromatic N) is 3. The molecule has 1 atom stereocenters. The standard InChI is InChI=1S/C17H13IN4O/c18-17-13-7-12(4-5-14(13)21-22-17)23-15-3-1-2-11-6-10(8-19)9-20-16(11)15/h4-7,9,15H,1-3H2,(H,21,22)/t15-/m0/s1. The lowest BCUT2D eigenvalue weighted by Gasteiger charge is -2.25. The van der Waals surface area contributed by atoms with Crippen molar-refractivity contribution in [1.82, 2.24) is 15.2 Å². The number of rotatable bonds is 2. The molecule has 23 heavy (non-hydrogen) atoms. The van der Waals surface area contributed by atoms with Gasteiger partial charge in [0.25, 0.3) is 0 Å². The van der Waals surface area contributed by atoms with Crippen LogP contribution in [-0.2, 0) is 6.42 Å². The van der Waals surface area contributed by atoms with E-state index in [1.54, 1.807) is 6.20 Å². The molecule has 3 aromatic rings. The number of halogens is 1. The molecule has 0 aliphatic heterocycles. The van der Waals surface area contributed by atoms with Crippen molar-refractivity contribution in [2.75, 3.05) is 0 Å². The number of nitrogens with one attached hydrogen (secondary N) is 1. The molecule has 1 aromatic carbocycles. The third-order valence-corrected chi connectivity index (χ3v) is 4.93. The van der Waals surface area contributed by atoms with Crippen molar-refractivity contribution >= 4 is 33.5 Å². The molecule has 0 saturated heterocycles. The Balaban J connectivity index is 1.66. The van der Waals surface area contributed by atoms with Gasteiger partial charge < -0.3 is 4.74 Å². The highest BCUT2D eigenvalue weighted by molar-refractivity contribution is 14.1. The molecule has 0 bridgehead atoms. The minimum absolute atomic E-state index is 0.0616. The number of hydrogen-bond acceptors (Lipinski definition) is 4. The van der Waals surface area contributed by atoms with Crippen molar-refractivity contribution in [3.8, 4) is 11.8 Å². The Hall–Kier alpha value is -2.14. The smallest absolute Gasteiger partial charge is 0.141 e. The zero-order valence-corrected chi connectivity index (χ0v) is 14.4. The van der Waals surface area contributed by atoms with Crippen LogP contribution in [0.2, 0.25) is 0 Å². The first-order valence-corrected chi connectivity index (χ1v) is 8.51. The maximum atomic E-state index is 9.02. The molecule has 2 aromatic heterocycles. The fourth-order valence-corrected chi connectivity index (χ4v) is 3.55. The van der Waals surface area contributed by atoms with Crippen LogP contribution in [0, 0.1) is 15.0 Å². The van der Waals surface area contributed by atoms with Gasteiger partial charge in [-0.2, -0.15) is 10.4 Å². The number of aromatic amines is 1. The Morgan fingerprint density at radius 1 is 1.35 bits per heavy atom. The first-order valence-electron chi connectivity index (χ1n) is 7.44. The fourth-order valence-electron chi connectivity index (χ4n) is 3.00. The van der Waals surface area contributed by atoms with Gasteiger partial charge in [0, 0.05) is 11.6 Å². The van der Waals surface area contributed by atoms with E-state index in [2.05, 4.69) is 43.8 Å². The van der Waals surface area contributed by atoms with Crippen LogP contribution in [0.4, 0.5) is 0 Å². The lowest BCUT2D eigenvalue weighted by molar-refractivity contribution is 0.178. The molecule has 1 N–H and O–H groups in total. The summed E-state index contributed by atoms with van der Waals surface area (Å²) >= 11 is 2.23. The number of fused-ring (bicyclic) bond motifs is 2. The van der Waals surface area contributed by atoms with E-state index in [4.69, 9.17) is 10.00 Å². The highest BCUT2D eigenvalue weighted by Gasteiger charge is 2.24. The van der Waals surface area contributed by atoms with Crippen LogP contribution in [0.5, 0.6) is 5.75 Å². The normalized spacial score (nSPS) is 16.8. The van der Waals surface area contributed by atoms with Crippen LogP contribution in [0.15, 0.2) is 30.5 Å². The van der Waals surface area contributed by atoms with Gasteiger partial charge in [-0.25, -0.2) is 0 Å². The largest absolute Gasteiger partial charge is 0.484 e. The molecule has 0 radical (unpaired) electrons. The van der Waals surface area contributed by atoms with Gasteiger partial charge >= 0.3 is 0 Å². The SMILES string of the molecule is N#Cc1cnc2c(c1)CCC[C@@H]2Oc1ccc2n[nH]c(I)c2c1. The summed E-state index contributed by atoms with van der Waals surface area (Å²) in [5.41, 5.74) is 3.62. The summed E-state index contributed by atoms with van der Waals surface area (Å²) < 4.78 is 7.20. The molecule has 2 heterocycles. The number of nitriles is 1. The number of aryl methyl sites for hydroxylation is 1. The topological polar surface area (TPSA) is 74.6 Å². The van der Waals surface area contributed by atoms with Crippen molar-refractivity contribution < 1.29 is 4.74 Å². The van der Waals surface area contributed by atoms with E-state index in [0.717, 1.165) is 50.9 Å². The molecule has 5 nitrogen and oxygen atoms in total. The Kier molecular flexibility index (Phi) is 3.65. The average molecular weight is 416 g/mol. The van der Waals surface area contributed by atoms with Gasteiger partial charge in [-0.15, -0.1) is 0 Å². The summed E-state index contributed by atoms with van der Waals surface area (Å²) in [7, 11) is 0. The van der Waals surface area contributed by atoms with Gasteiger partial charge in [0.1, 0.15) is 21.6 Å². The quantitative estimate of drug-likeness (QED) is 0.644. The minimum atomic E-state index is -0.0616. The van der Waals surface area contributed by atoms with Gasteiger partial charge in [-0.1, -0.05) is 0 Å². The third kappa shape index (κ3) is 2.65. The van der Waals surface area contributed by atoms with E-state index in [9.17, 15) is 0 Å². The van der Waals surface area contributed by atoms with Crippen LogP contribution >= 0.6 is 22.6 Å². The molecule has 0 unspecified atom stereocenters. The van der Waals surface area contributed by atoms with Crippen LogP contribution in [0.25, 0.3) is 10.9 Å². The number of benzene rings is 1. The molecule has 6 heteroatoms. The Morgan fingerprint density at radius 2 is 2.26 bits per heavy atom. The molecule has 0 saturated carbocycles. The highest BCUT2D eigenvalue weighted by atomic mass is 127. The Bertz CT molecular complexity index is 928. The lowest BCUT2D eigenvalue weighted by Crippen LogP contribution is -2.17. The van der Waals surface area contributed by atoms with Gasteiger partial charge in [-0.3, -0.25) is 10.1 Å². The second kappa shape index (κ2) is 5.81. The zero-order chi connectivity index (χ0) is 15.8.